The summed E-state index contributed by atoms with van der Waals surface area (Å²) in [6.07, 6.45) is 3.18. The second-order valence-corrected chi connectivity index (χ2v) is 6.37. The Hall–Kier alpha value is -1.04. The maximum Gasteiger partial charge on any atom is 0.0838 e. The molecule has 0 amide bonds. The number of aryl methyl sites for hydroxylation is 2. The molecule has 0 aromatic carbocycles. The van der Waals surface area contributed by atoms with Crippen molar-refractivity contribution in [2.24, 2.45) is 5.92 Å². The normalized spacial score (nSPS) is 26.7. The summed E-state index contributed by atoms with van der Waals surface area (Å²) in [5, 5.41) is 19.0. The second-order valence-electron chi connectivity index (χ2n) is 6.37. The van der Waals surface area contributed by atoms with E-state index in [9.17, 15) is 5.11 Å². The Balaban J connectivity index is 1.77. The summed E-state index contributed by atoms with van der Waals surface area (Å²) in [6, 6.07) is 1.96. The molecule has 2 atom stereocenters. The third-order valence-electron chi connectivity index (χ3n) is 4.84. The fraction of sp³-hybridized carbons (Fsp3) is 0.750. The van der Waals surface area contributed by atoms with Crippen LogP contribution in [-0.2, 0) is 9.47 Å². The van der Waals surface area contributed by atoms with E-state index in [0.717, 1.165) is 62.5 Å². The van der Waals surface area contributed by atoms with Crippen molar-refractivity contribution in [2.45, 2.75) is 51.2 Å². The average molecular weight is 292 g/mol. The predicted octanol–water partition coefficient (Wildman–Crippen LogP) is 2.10. The summed E-state index contributed by atoms with van der Waals surface area (Å²) in [5.41, 5.74) is 2.49. The number of hydrogen-bond acceptors (Lipinski definition) is 5. The van der Waals surface area contributed by atoms with E-state index in [2.05, 4.69) is 10.2 Å². The molecule has 1 spiro atoms. The zero-order chi connectivity index (χ0) is 14.9. The highest BCUT2D eigenvalue weighted by Gasteiger charge is 2.41. The molecule has 2 unspecified atom stereocenters. The Labute approximate surface area is 125 Å². The third kappa shape index (κ3) is 3.10. The smallest absolute Gasteiger partial charge is 0.0838 e. The zero-order valence-electron chi connectivity index (χ0n) is 12.8. The summed E-state index contributed by atoms with van der Waals surface area (Å²) in [5.74, 6) is 0.221. The molecule has 116 valence electrons. The van der Waals surface area contributed by atoms with Crippen molar-refractivity contribution in [1.82, 2.24) is 10.2 Å². The van der Waals surface area contributed by atoms with Crippen molar-refractivity contribution in [3.8, 4) is 0 Å². The molecule has 0 saturated carbocycles. The van der Waals surface area contributed by atoms with Crippen molar-refractivity contribution in [2.75, 3.05) is 19.8 Å². The van der Waals surface area contributed by atoms with E-state index in [1.165, 1.54) is 0 Å². The highest BCUT2D eigenvalue weighted by molar-refractivity contribution is 5.23. The minimum absolute atomic E-state index is 0.0917. The molecule has 2 saturated heterocycles. The van der Waals surface area contributed by atoms with Gasteiger partial charge in [0.1, 0.15) is 0 Å². The molecule has 5 heteroatoms. The summed E-state index contributed by atoms with van der Waals surface area (Å²) in [6.45, 7) is 6.06. The monoisotopic (exact) mass is 292 g/mol. The molecule has 3 rings (SSSR count). The van der Waals surface area contributed by atoms with E-state index >= 15 is 0 Å². The van der Waals surface area contributed by atoms with Crippen LogP contribution in [0.15, 0.2) is 6.07 Å². The first kappa shape index (κ1) is 14.9. The minimum atomic E-state index is -0.484. The standard InChI is InChI=1S/C16H24N2O3/c1-11-9-14(12(2)18-17-11)15(19)13-3-6-21-16(10-13)4-7-20-8-5-16/h9,13,15,19H,3-8,10H2,1-2H3. The molecular weight excluding hydrogens is 268 g/mol. The second kappa shape index (κ2) is 5.99. The Morgan fingerprint density at radius 3 is 2.76 bits per heavy atom. The summed E-state index contributed by atoms with van der Waals surface area (Å²) >= 11 is 0. The molecule has 2 fully saturated rings. The van der Waals surface area contributed by atoms with Gasteiger partial charge >= 0.3 is 0 Å². The number of aromatic nitrogens is 2. The van der Waals surface area contributed by atoms with Gasteiger partial charge in [0.05, 0.1) is 23.1 Å². The van der Waals surface area contributed by atoms with E-state index < -0.39 is 6.10 Å². The lowest BCUT2D eigenvalue weighted by molar-refractivity contribution is -0.159. The van der Waals surface area contributed by atoms with Crippen LogP contribution >= 0.6 is 0 Å². The molecule has 2 aliphatic rings. The third-order valence-corrected chi connectivity index (χ3v) is 4.84. The van der Waals surface area contributed by atoms with Gasteiger partial charge in [-0.25, -0.2) is 0 Å². The van der Waals surface area contributed by atoms with Crippen molar-refractivity contribution in [3.63, 3.8) is 0 Å². The SMILES string of the molecule is Cc1cc(C(O)C2CCOC3(CCOCC3)C2)c(C)nn1. The summed E-state index contributed by atoms with van der Waals surface area (Å²) < 4.78 is 11.5. The summed E-state index contributed by atoms with van der Waals surface area (Å²) in [7, 11) is 0. The molecule has 1 aromatic rings. The van der Waals surface area contributed by atoms with Crippen LogP contribution in [0, 0.1) is 19.8 Å². The maximum atomic E-state index is 10.8. The van der Waals surface area contributed by atoms with Gasteiger partial charge in [0, 0.05) is 25.4 Å². The van der Waals surface area contributed by atoms with Crippen LogP contribution in [-0.4, -0.2) is 40.7 Å². The van der Waals surface area contributed by atoms with Crippen LogP contribution in [0.4, 0.5) is 0 Å². The first-order valence-electron chi connectivity index (χ1n) is 7.80. The van der Waals surface area contributed by atoms with E-state index in [-0.39, 0.29) is 11.5 Å². The average Bonchev–Trinajstić information content (AvgIpc) is 2.50. The Morgan fingerprint density at radius 2 is 2.00 bits per heavy atom. The first-order valence-corrected chi connectivity index (χ1v) is 7.80. The highest BCUT2D eigenvalue weighted by atomic mass is 16.5. The molecule has 1 N–H and O–H groups in total. The Morgan fingerprint density at radius 1 is 1.24 bits per heavy atom. The van der Waals surface area contributed by atoms with Crippen LogP contribution in [0.3, 0.4) is 0 Å². The van der Waals surface area contributed by atoms with Gasteiger partial charge in [-0.3, -0.25) is 0 Å². The lowest BCUT2D eigenvalue weighted by atomic mass is 9.77. The van der Waals surface area contributed by atoms with Crippen molar-refractivity contribution in [3.05, 3.63) is 23.0 Å². The number of aliphatic hydroxyl groups is 1. The van der Waals surface area contributed by atoms with Crippen LogP contribution in [0.25, 0.3) is 0 Å². The van der Waals surface area contributed by atoms with Gasteiger partial charge in [0.2, 0.25) is 0 Å². The fourth-order valence-corrected chi connectivity index (χ4v) is 3.55. The Bertz CT molecular complexity index is 495. The van der Waals surface area contributed by atoms with Gasteiger partial charge < -0.3 is 14.6 Å². The van der Waals surface area contributed by atoms with E-state index in [4.69, 9.17) is 9.47 Å². The van der Waals surface area contributed by atoms with Gasteiger partial charge in [0.25, 0.3) is 0 Å². The molecule has 2 aliphatic heterocycles. The molecule has 0 aliphatic carbocycles. The number of aliphatic hydroxyl groups excluding tert-OH is 1. The molecular formula is C16H24N2O3. The molecule has 21 heavy (non-hydrogen) atoms. The Kier molecular flexibility index (Phi) is 4.24. The van der Waals surface area contributed by atoms with Gasteiger partial charge in [-0.15, -0.1) is 0 Å². The molecule has 0 bridgehead atoms. The number of rotatable bonds is 2. The topological polar surface area (TPSA) is 64.5 Å². The first-order chi connectivity index (χ1) is 10.1. The van der Waals surface area contributed by atoms with Crippen LogP contribution in [0.1, 0.15) is 48.7 Å². The van der Waals surface area contributed by atoms with E-state index in [0.29, 0.717) is 0 Å². The predicted molar refractivity (Wildman–Crippen MR) is 77.9 cm³/mol. The molecule has 1 aromatic heterocycles. The quantitative estimate of drug-likeness (QED) is 0.904. The molecule has 5 nitrogen and oxygen atoms in total. The van der Waals surface area contributed by atoms with Crippen LogP contribution < -0.4 is 0 Å². The highest BCUT2D eigenvalue weighted by Crippen LogP contribution is 2.42. The van der Waals surface area contributed by atoms with Crippen molar-refractivity contribution in [1.29, 1.82) is 0 Å². The largest absolute Gasteiger partial charge is 0.388 e. The fourth-order valence-electron chi connectivity index (χ4n) is 3.55. The lowest BCUT2D eigenvalue weighted by Gasteiger charge is -2.44. The molecule has 0 radical (unpaired) electrons. The summed E-state index contributed by atoms with van der Waals surface area (Å²) in [4.78, 5) is 0. The minimum Gasteiger partial charge on any atom is -0.388 e. The molecule has 3 heterocycles. The van der Waals surface area contributed by atoms with Gasteiger partial charge in [-0.2, -0.15) is 10.2 Å². The number of hydrogen-bond donors (Lipinski definition) is 1. The lowest BCUT2D eigenvalue weighted by Crippen LogP contribution is -2.45. The van der Waals surface area contributed by atoms with Crippen molar-refractivity contribution >= 4 is 0 Å². The maximum absolute atomic E-state index is 10.8. The number of nitrogens with zero attached hydrogens (tertiary/aromatic N) is 2. The van der Waals surface area contributed by atoms with E-state index in [1.807, 2.05) is 19.9 Å². The van der Waals surface area contributed by atoms with Gasteiger partial charge in [-0.1, -0.05) is 0 Å². The van der Waals surface area contributed by atoms with Crippen LogP contribution in [0.5, 0.6) is 0 Å². The van der Waals surface area contributed by atoms with Gasteiger partial charge in [0.15, 0.2) is 0 Å². The van der Waals surface area contributed by atoms with E-state index in [1.54, 1.807) is 0 Å². The zero-order valence-corrected chi connectivity index (χ0v) is 12.8. The van der Waals surface area contributed by atoms with Gasteiger partial charge in [-0.05, 0) is 51.5 Å². The van der Waals surface area contributed by atoms with Crippen LogP contribution in [0.2, 0.25) is 0 Å². The number of ether oxygens (including phenoxy) is 2. The van der Waals surface area contributed by atoms with Crippen molar-refractivity contribution < 1.29 is 14.6 Å².